The monoisotopic (exact) mass is 465 g/mol. The van der Waals surface area contributed by atoms with Crippen molar-refractivity contribution in [3.05, 3.63) is 69.1 Å². The molecule has 0 aliphatic carbocycles. The van der Waals surface area contributed by atoms with E-state index in [9.17, 15) is 9.59 Å². The zero-order valence-corrected chi connectivity index (χ0v) is 20.0. The molecule has 0 fully saturated rings. The Morgan fingerprint density at radius 2 is 1.97 bits per heavy atom. The van der Waals surface area contributed by atoms with Gasteiger partial charge in [-0.25, -0.2) is 4.79 Å². The van der Waals surface area contributed by atoms with Crippen LogP contribution >= 0.6 is 0 Å². The molecule has 7 nitrogen and oxygen atoms in total. The molecule has 0 bridgehead atoms. The molecule has 0 saturated heterocycles. The second kappa shape index (κ2) is 10.7. The fraction of sp³-hybridized carbons (Fsp3) is 0.407. The molecule has 0 atom stereocenters. The van der Waals surface area contributed by atoms with Crippen LogP contribution in [0.1, 0.15) is 42.0 Å². The van der Waals surface area contributed by atoms with Crippen LogP contribution in [-0.4, -0.2) is 37.9 Å². The fourth-order valence-corrected chi connectivity index (χ4v) is 4.35. The zero-order chi connectivity index (χ0) is 24.1. The highest BCUT2D eigenvalue weighted by molar-refractivity contribution is 5.86. The summed E-state index contributed by atoms with van der Waals surface area (Å²) in [6.45, 7) is 6.05. The number of esters is 1. The molecule has 1 aromatic heterocycles. The van der Waals surface area contributed by atoms with Gasteiger partial charge in [-0.15, -0.1) is 0 Å². The number of carbonyl (C=O) groups excluding carboxylic acids is 1. The number of aryl methyl sites for hydroxylation is 2. The first kappa shape index (κ1) is 23.8. The first-order chi connectivity index (χ1) is 16.5. The molecule has 0 N–H and O–H groups in total. The van der Waals surface area contributed by atoms with Crippen molar-refractivity contribution in [3.8, 4) is 11.5 Å². The predicted molar refractivity (Wildman–Crippen MR) is 129 cm³/mol. The number of hydrogen-bond donors (Lipinski definition) is 0. The first-order valence-electron chi connectivity index (χ1n) is 11.7. The highest BCUT2D eigenvalue weighted by Gasteiger charge is 2.25. The van der Waals surface area contributed by atoms with Crippen molar-refractivity contribution in [2.24, 2.45) is 0 Å². The summed E-state index contributed by atoms with van der Waals surface area (Å²) in [7, 11) is 1.68. The SMILES string of the molecule is CCCOC(=O)CCc1cc2c(C)cc(=O)oc2c2c1OCN(CCc1ccccc1OC)C2. The van der Waals surface area contributed by atoms with Crippen LogP contribution in [0.4, 0.5) is 0 Å². The smallest absolute Gasteiger partial charge is 0.336 e. The zero-order valence-electron chi connectivity index (χ0n) is 20.0. The van der Waals surface area contributed by atoms with Crippen molar-refractivity contribution in [2.75, 3.05) is 27.0 Å². The molecule has 0 unspecified atom stereocenters. The highest BCUT2D eigenvalue weighted by atomic mass is 16.5. The first-order valence-corrected chi connectivity index (χ1v) is 11.7. The molecule has 1 aliphatic heterocycles. The number of hydrogen-bond acceptors (Lipinski definition) is 7. The van der Waals surface area contributed by atoms with E-state index in [0.717, 1.165) is 52.8 Å². The number of rotatable bonds is 9. The Balaban J connectivity index is 1.60. The van der Waals surface area contributed by atoms with E-state index in [0.29, 0.717) is 37.6 Å². The summed E-state index contributed by atoms with van der Waals surface area (Å²) < 4.78 is 22.6. The molecule has 4 rings (SSSR count). The Labute approximate surface area is 199 Å². The van der Waals surface area contributed by atoms with Crippen molar-refractivity contribution in [3.63, 3.8) is 0 Å². The minimum Gasteiger partial charge on any atom is -0.496 e. The second-order valence-electron chi connectivity index (χ2n) is 8.58. The number of para-hydroxylation sites is 1. The van der Waals surface area contributed by atoms with E-state index in [-0.39, 0.29) is 18.0 Å². The van der Waals surface area contributed by atoms with Gasteiger partial charge in [-0.05, 0) is 55.0 Å². The summed E-state index contributed by atoms with van der Waals surface area (Å²) >= 11 is 0. The third-order valence-electron chi connectivity index (χ3n) is 6.09. The van der Waals surface area contributed by atoms with Crippen molar-refractivity contribution in [2.45, 2.75) is 46.1 Å². The average molecular weight is 466 g/mol. The van der Waals surface area contributed by atoms with Gasteiger partial charge in [0.25, 0.3) is 0 Å². The summed E-state index contributed by atoms with van der Waals surface area (Å²) in [5.74, 6) is 1.35. The van der Waals surface area contributed by atoms with E-state index >= 15 is 0 Å². The third kappa shape index (κ3) is 5.25. The number of fused-ring (bicyclic) bond motifs is 3. The maximum Gasteiger partial charge on any atom is 0.336 e. The van der Waals surface area contributed by atoms with Crippen molar-refractivity contribution < 1.29 is 23.4 Å². The van der Waals surface area contributed by atoms with Crippen LogP contribution in [0.15, 0.2) is 45.6 Å². The van der Waals surface area contributed by atoms with Crippen LogP contribution in [0.2, 0.25) is 0 Å². The van der Waals surface area contributed by atoms with Gasteiger partial charge < -0.3 is 18.6 Å². The van der Waals surface area contributed by atoms with Gasteiger partial charge in [0, 0.05) is 31.0 Å². The predicted octanol–water partition coefficient (Wildman–Crippen LogP) is 4.39. The number of methoxy groups -OCH3 is 1. The van der Waals surface area contributed by atoms with Gasteiger partial charge in [0.1, 0.15) is 23.8 Å². The summed E-state index contributed by atoms with van der Waals surface area (Å²) in [5.41, 5.74) is 3.92. The standard InChI is InChI=1S/C27H31NO6/c1-4-13-32-24(29)10-9-20-15-21-18(2)14-25(30)34-27(21)22-16-28(17-33-26(20)22)12-11-19-7-5-6-8-23(19)31-3/h5-8,14-15H,4,9-13,16-17H2,1-3H3. The molecule has 2 aromatic carbocycles. The van der Waals surface area contributed by atoms with Crippen LogP contribution in [-0.2, 0) is 28.9 Å². The molecular weight excluding hydrogens is 434 g/mol. The van der Waals surface area contributed by atoms with Gasteiger partial charge in [0.2, 0.25) is 0 Å². The van der Waals surface area contributed by atoms with E-state index in [2.05, 4.69) is 11.0 Å². The van der Waals surface area contributed by atoms with E-state index < -0.39 is 0 Å². The van der Waals surface area contributed by atoms with Gasteiger partial charge in [-0.3, -0.25) is 9.69 Å². The molecule has 34 heavy (non-hydrogen) atoms. The minimum atomic E-state index is -0.380. The molecule has 0 saturated carbocycles. The maximum atomic E-state index is 12.2. The largest absolute Gasteiger partial charge is 0.496 e. The lowest BCUT2D eigenvalue weighted by Gasteiger charge is -2.31. The van der Waals surface area contributed by atoms with Crippen molar-refractivity contribution in [1.82, 2.24) is 4.90 Å². The summed E-state index contributed by atoms with van der Waals surface area (Å²) in [4.78, 5) is 26.4. The van der Waals surface area contributed by atoms with E-state index in [1.54, 1.807) is 7.11 Å². The van der Waals surface area contributed by atoms with Gasteiger partial charge in [0.15, 0.2) is 0 Å². The lowest BCUT2D eigenvalue weighted by molar-refractivity contribution is -0.143. The molecule has 1 aliphatic rings. The number of benzene rings is 2. The molecule has 3 aromatic rings. The molecular formula is C27H31NO6. The fourth-order valence-electron chi connectivity index (χ4n) is 4.35. The third-order valence-corrected chi connectivity index (χ3v) is 6.09. The molecule has 7 heteroatoms. The molecule has 0 radical (unpaired) electrons. The van der Waals surface area contributed by atoms with Gasteiger partial charge in [-0.2, -0.15) is 0 Å². The Kier molecular flexibility index (Phi) is 7.53. The lowest BCUT2D eigenvalue weighted by atomic mass is 9.97. The van der Waals surface area contributed by atoms with Crippen LogP contribution in [0.3, 0.4) is 0 Å². The van der Waals surface area contributed by atoms with Crippen LogP contribution in [0.25, 0.3) is 11.0 Å². The van der Waals surface area contributed by atoms with E-state index in [4.69, 9.17) is 18.6 Å². The van der Waals surface area contributed by atoms with E-state index in [1.165, 1.54) is 6.07 Å². The van der Waals surface area contributed by atoms with Crippen LogP contribution < -0.4 is 15.1 Å². The quantitative estimate of drug-likeness (QED) is 0.343. The van der Waals surface area contributed by atoms with Gasteiger partial charge >= 0.3 is 11.6 Å². The normalized spacial score (nSPS) is 13.4. The summed E-state index contributed by atoms with van der Waals surface area (Å²) in [5, 5.41) is 0.866. The lowest BCUT2D eigenvalue weighted by Crippen LogP contribution is -2.34. The highest BCUT2D eigenvalue weighted by Crippen LogP contribution is 2.37. The topological polar surface area (TPSA) is 78.2 Å². The molecule has 0 amide bonds. The van der Waals surface area contributed by atoms with Gasteiger partial charge in [0.05, 0.1) is 19.3 Å². The van der Waals surface area contributed by atoms with Crippen LogP contribution in [0.5, 0.6) is 11.5 Å². The summed E-state index contributed by atoms with van der Waals surface area (Å²) in [6, 6.07) is 11.5. The van der Waals surface area contributed by atoms with Crippen molar-refractivity contribution in [1.29, 1.82) is 0 Å². The average Bonchev–Trinajstić information content (AvgIpc) is 2.85. The van der Waals surface area contributed by atoms with E-state index in [1.807, 2.05) is 38.1 Å². The molecule has 180 valence electrons. The second-order valence-corrected chi connectivity index (χ2v) is 8.58. The number of ether oxygens (including phenoxy) is 3. The maximum absolute atomic E-state index is 12.2. The minimum absolute atomic E-state index is 0.221. The van der Waals surface area contributed by atoms with Crippen molar-refractivity contribution >= 4 is 16.9 Å². The van der Waals surface area contributed by atoms with Gasteiger partial charge in [-0.1, -0.05) is 25.1 Å². The Morgan fingerprint density at radius 1 is 1.15 bits per heavy atom. The number of nitrogens with zero attached hydrogens (tertiary/aromatic N) is 1. The molecule has 0 spiro atoms. The molecule has 2 heterocycles. The Hall–Kier alpha value is -3.32. The Morgan fingerprint density at radius 3 is 2.76 bits per heavy atom. The number of carbonyl (C=O) groups is 1. The van der Waals surface area contributed by atoms with Crippen LogP contribution in [0, 0.1) is 6.92 Å². The summed E-state index contributed by atoms with van der Waals surface area (Å²) in [6.07, 6.45) is 2.37. The Bertz CT molecular complexity index is 1230.